The molecule has 1 aliphatic rings. The van der Waals surface area contributed by atoms with Gasteiger partial charge in [-0.25, -0.2) is 0 Å². The minimum Gasteiger partial charge on any atom is -0.396 e. The number of nitrogens with zero attached hydrogens (tertiary/aromatic N) is 1. The molecule has 0 aliphatic carbocycles. The zero-order valence-electron chi connectivity index (χ0n) is 7.43. The minimum atomic E-state index is -0.424. The van der Waals surface area contributed by atoms with Crippen molar-refractivity contribution in [2.45, 2.75) is 5.92 Å². The molecule has 1 atom stereocenters. The van der Waals surface area contributed by atoms with Crippen LogP contribution in [0.4, 0.5) is 11.4 Å². The molecule has 2 N–H and O–H groups in total. The lowest BCUT2D eigenvalue weighted by Gasteiger charge is -2.04. The van der Waals surface area contributed by atoms with Crippen LogP contribution in [0, 0.1) is 10.1 Å². The van der Waals surface area contributed by atoms with Gasteiger partial charge in [0.1, 0.15) is 0 Å². The van der Waals surface area contributed by atoms with E-state index in [1.54, 1.807) is 6.07 Å². The molecule has 0 saturated carbocycles. The number of aliphatic hydroxyl groups excluding tert-OH is 1. The van der Waals surface area contributed by atoms with Crippen molar-refractivity contribution in [1.29, 1.82) is 0 Å². The fourth-order valence-electron chi connectivity index (χ4n) is 1.67. The maximum Gasteiger partial charge on any atom is 0.269 e. The lowest BCUT2D eigenvalue weighted by atomic mass is 10.0. The number of aliphatic hydroxyl groups is 1. The Morgan fingerprint density at radius 1 is 1.64 bits per heavy atom. The Labute approximate surface area is 80.5 Å². The summed E-state index contributed by atoms with van der Waals surface area (Å²) in [6.45, 7) is 0.661. The molecule has 0 saturated heterocycles. The van der Waals surface area contributed by atoms with Gasteiger partial charge in [-0.3, -0.25) is 10.1 Å². The normalized spacial score (nSPS) is 18.8. The molecule has 0 amide bonds. The lowest BCUT2D eigenvalue weighted by molar-refractivity contribution is -0.384. The summed E-state index contributed by atoms with van der Waals surface area (Å²) in [4.78, 5) is 10.1. The van der Waals surface area contributed by atoms with Crippen LogP contribution in [0.1, 0.15) is 11.5 Å². The summed E-state index contributed by atoms with van der Waals surface area (Å²) < 4.78 is 0. The van der Waals surface area contributed by atoms with Crippen LogP contribution in [0.5, 0.6) is 0 Å². The first-order valence-electron chi connectivity index (χ1n) is 4.35. The lowest BCUT2D eigenvalue weighted by Crippen LogP contribution is -2.05. The number of nitro benzene ring substituents is 1. The summed E-state index contributed by atoms with van der Waals surface area (Å²) in [5, 5.41) is 22.6. The standard InChI is InChI=1S/C9H10N2O3/c12-5-6-4-10-9-2-1-7(11(13)14)3-8(6)9/h1-3,6,10,12H,4-5H2. The van der Waals surface area contributed by atoms with Crippen LogP contribution >= 0.6 is 0 Å². The number of non-ortho nitro benzene ring substituents is 1. The van der Waals surface area contributed by atoms with E-state index in [2.05, 4.69) is 5.32 Å². The molecule has 0 aromatic heterocycles. The molecule has 1 unspecified atom stereocenters. The van der Waals surface area contributed by atoms with Crippen LogP contribution in [0.15, 0.2) is 18.2 Å². The average molecular weight is 194 g/mol. The van der Waals surface area contributed by atoms with Crippen LogP contribution in [0.3, 0.4) is 0 Å². The summed E-state index contributed by atoms with van der Waals surface area (Å²) in [5.41, 5.74) is 1.79. The number of rotatable bonds is 2. The minimum absolute atomic E-state index is 0.0150. The van der Waals surface area contributed by atoms with Crippen molar-refractivity contribution in [2.75, 3.05) is 18.5 Å². The van der Waals surface area contributed by atoms with Gasteiger partial charge in [0.2, 0.25) is 0 Å². The van der Waals surface area contributed by atoms with Crippen molar-refractivity contribution in [3.63, 3.8) is 0 Å². The van der Waals surface area contributed by atoms with Crippen molar-refractivity contribution >= 4 is 11.4 Å². The van der Waals surface area contributed by atoms with E-state index < -0.39 is 4.92 Å². The molecule has 1 aromatic carbocycles. The fraction of sp³-hybridized carbons (Fsp3) is 0.333. The fourth-order valence-corrected chi connectivity index (χ4v) is 1.67. The first kappa shape index (κ1) is 8.96. The van der Waals surface area contributed by atoms with Crippen LogP contribution in [0.2, 0.25) is 0 Å². The maximum atomic E-state index is 10.5. The Bertz CT molecular complexity index is 378. The average Bonchev–Trinajstić information content (AvgIpc) is 2.59. The van der Waals surface area contributed by atoms with E-state index in [-0.39, 0.29) is 18.2 Å². The van der Waals surface area contributed by atoms with Crippen molar-refractivity contribution in [2.24, 2.45) is 0 Å². The topological polar surface area (TPSA) is 75.4 Å². The zero-order valence-corrected chi connectivity index (χ0v) is 7.43. The number of nitro groups is 1. The molecule has 1 aromatic rings. The SMILES string of the molecule is O=[N+]([O-])c1ccc2c(c1)C(CO)CN2. The smallest absolute Gasteiger partial charge is 0.269 e. The molecule has 0 spiro atoms. The number of anilines is 1. The maximum absolute atomic E-state index is 10.5. The summed E-state index contributed by atoms with van der Waals surface area (Å²) in [6.07, 6.45) is 0. The molecule has 1 heterocycles. The Morgan fingerprint density at radius 3 is 3.07 bits per heavy atom. The Morgan fingerprint density at radius 2 is 2.43 bits per heavy atom. The van der Waals surface area contributed by atoms with Gasteiger partial charge < -0.3 is 10.4 Å². The van der Waals surface area contributed by atoms with E-state index >= 15 is 0 Å². The largest absolute Gasteiger partial charge is 0.396 e. The summed E-state index contributed by atoms with van der Waals surface area (Å²) >= 11 is 0. The van der Waals surface area contributed by atoms with Gasteiger partial charge in [-0.05, 0) is 11.6 Å². The number of hydrogen-bond acceptors (Lipinski definition) is 4. The third kappa shape index (κ3) is 1.31. The van der Waals surface area contributed by atoms with Gasteiger partial charge in [0.25, 0.3) is 5.69 Å². The molecule has 5 heteroatoms. The van der Waals surface area contributed by atoms with E-state index in [0.29, 0.717) is 6.54 Å². The van der Waals surface area contributed by atoms with Crippen molar-refractivity contribution < 1.29 is 10.0 Å². The Kier molecular flexibility index (Phi) is 2.09. The van der Waals surface area contributed by atoms with Gasteiger partial charge in [0.15, 0.2) is 0 Å². The molecule has 14 heavy (non-hydrogen) atoms. The van der Waals surface area contributed by atoms with E-state index in [1.807, 2.05) is 0 Å². The second-order valence-electron chi connectivity index (χ2n) is 3.29. The molecular weight excluding hydrogens is 184 g/mol. The van der Waals surface area contributed by atoms with E-state index in [4.69, 9.17) is 5.11 Å². The second-order valence-corrected chi connectivity index (χ2v) is 3.29. The van der Waals surface area contributed by atoms with Gasteiger partial charge in [0.05, 0.1) is 11.5 Å². The monoisotopic (exact) mass is 194 g/mol. The summed E-state index contributed by atoms with van der Waals surface area (Å²) in [5.74, 6) is -0.0232. The summed E-state index contributed by atoms with van der Waals surface area (Å²) in [6, 6.07) is 4.67. The molecule has 5 nitrogen and oxygen atoms in total. The number of hydrogen-bond donors (Lipinski definition) is 2. The van der Waals surface area contributed by atoms with Gasteiger partial charge in [-0.2, -0.15) is 0 Å². The Hall–Kier alpha value is -1.62. The van der Waals surface area contributed by atoms with Crippen LogP contribution < -0.4 is 5.32 Å². The molecule has 1 aliphatic heterocycles. The quantitative estimate of drug-likeness (QED) is 0.546. The van der Waals surface area contributed by atoms with Gasteiger partial charge in [-0.15, -0.1) is 0 Å². The zero-order chi connectivity index (χ0) is 10.1. The highest BCUT2D eigenvalue weighted by Gasteiger charge is 2.23. The van der Waals surface area contributed by atoms with E-state index in [1.165, 1.54) is 12.1 Å². The van der Waals surface area contributed by atoms with Gasteiger partial charge in [-0.1, -0.05) is 0 Å². The van der Waals surface area contributed by atoms with Crippen LogP contribution in [0.25, 0.3) is 0 Å². The molecule has 0 fully saturated rings. The van der Waals surface area contributed by atoms with Crippen LogP contribution in [-0.2, 0) is 0 Å². The highest BCUT2D eigenvalue weighted by molar-refractivity contribution is 5.61. The number of nitrogens with one attached hydrogen (secondary N) is 1. The van der Waals surface area contributed by atoms with Gasteiger partial charge in [0, 0.05) is 30.3 Å². The van der Waals surface area contributed by atoms with Crippen molar-refractivity contribution in [1.82, 2.24) is 0 Å². The first-order valence-corrected chi connectivity index (χ1v) is 4.35. The van der Waals surface area contributed by atoms with Crippen molar-refractivity contribution in [3.05, 3.63) is 33.9 Å². The second kappa shape index (κ2) is 3.26. The predicted octanol–water partition coefficient (Wildman–Crippen LogP) is 1.10. The molecule has 0 bridgehead atoms. The predicted molar refractivity (Wildman–Crippen MR) is 51.4 cm³/mol. The van der Waals surface area contributed by atoms with E-state index in [0.717, 1.165) is 11.3 Å². The number of benzene rings is 1. The van der Waals surface area contributed by atoms with Crippen LogP contribution in [-0.4, -0.2) is 23.2 Å². The first-order chi connectivity index (χ1) is 6.72. The highest BCUT2D eigenvalue weighted by Crippen LogP contribution is 2.33. The molecule has 74 valence electrons. The highest BCUT2D eigenvalue weighted by atomic mass is 16.6. The Balaban J connectivity index is 2.42. The molecule has 2 rings (SSSR count). The molecule has 0 radical (unpaired) electrons. The third-order valence-electron chi connectivity index (χ3n) is 2.45. The summed E-state index contributed by atoms with van der Waals surface area (Å²) in [7, 11) is 0. The van der Waals surface area contributed by atoms with E-state index in [9.17, 15) is 10.1 Å². The molecular formula is C9H10N2O3. The van der Waals surface area contributed by atoms with Gasteiger partial charge >= 0.3 is 0 Å². The van der Waals surface area contributed by atoms with Crippen molar-refractivity contribution in [3.8, 4) is 0 Å². The third-order valence-corrected chi connectivity index (χ3v) is 2.45. The number of fused-ring (bicyclic) bond motifs is 1.